The van der Waals surface area contributed by atoms with Crippen molar-refractivity contribution in [2.75, 3.05) is 18.0 Å². The number of carbonyl (C=O) groups is 2. The number of nitrogens with zero attached hydrogens (tertiary/aromatic N) is 1. The maximum absolute atomic E-state index is 12.2. The highest BCUT2D eigenvalue weighted by Gasteiger charge is 2.36. The van der Waals surface area contributed by atoms with Crippen molar-refractivity contribution in [1.29, 1.82) is 0 Å². The highest BCUT2D eigenvalue weighted by atomic mass is 16.4. The van der Waals surface area contributed by atoms with E-state index in [1.807, 2.05) is 24.3 Å². The SMILES string of the molecule is O=C(O)C(NCC(=O)N1CCc2ccccc21)C1CC1. The zero-order valence-corrected chi connectivity index (χ0v) is 11.2. The number of hydrogen-bond donors (Lipinski definition) is 2. The van der Waals surface area contributed by atoms with Gasteiger partial charge in [-0.3, -0.25) is 14.9 Å². The molecular weight excluding hydrogens is 256 g/mol. The quantitative estimate of drug-likeness (QED) is 0.841. The van der Waals surface area contributed by atoms with Crippen molar-refractivity contribution in [3.05, 3.63) is 29.8 Å². The molecule has 1 atom stereocenters. The van der Waals surface area contributed by atoms with Crippen LogP contribution < -0.4 is 10.2 Å². The van der Waals surface area contributed by atoms with E-state index < -0.39 is 12.0 Å². The third-order valence-corrected chi connectivity index (χ3v) is 4.02. The van der Waals surface area contributed by atoms with Gasteiger partial charge in [-0.25, -0.2) is 0 Å². The molecule has 106 valence electrons. The molecule has 3 rings (SSSR count). The van der Waals surface area contributed by atoms with Crippen molar-refractivity contribution in [3.8, 4) is 0 Å². The predicted molar refractivity (Wildman–Crippen MR) is 74.6 cm³/mol. The molecule has 0 radical (unpaired) electrons. The van der Waals surface area contributed by atoms with E-state index in [2.05, 4.69) is 5.32 Å². The average molecular weight is 274 g/mol. The van der Waals surface area contributed by atoms with Gasteiger partial charge in [0, 0.05) is 12.2 Å². The molecular formula is C15H18N2O3. The lowest BCUT2D eigenvalue weighted by molar-refractivity contribution is -0.140. The van der Waals surface area contributed by atoms with Gasteiger partial charge in [-0.2, -0.15) is 0 Å². The highest BCUT2D eigenvalue weighted by Crippen LogP contribution is 2.33. The third-order valence-electron chi connectivity index (χ3n) is 4.02. The third kappa shape index (κ3) is 2.54. The van der Waals surface area contributed by atoms with Crippen LogP contribution in [0.25, 0.3) is 0 Å². The van der Waals surface area contributed by atoms with E-state index >= 15 is 0 Å². The Morgan fingerprint density at radius 1 is 1.35 bits per heavy atom. The molecule has 1 unspecified atom stereocenters. The number of hydrogen-bond acceptors (Lipinski definition) is 3. The molecule has 5 nitrogen and oxygen atoms in total. The number of carbonyl (C=O) groups excluding carboxylic acids is 1. The topological polar surface area (TPSA) is 69.6 Å². The monoisotopic (exact) mass is 274 g/mol. The normalized spacial score (nSPS) is 18.7. The van der Waals surface area contributed by atoms with Gasteiger partial charge in [-0.1, -0.05) is 18.2 Å². The van der Waals surface area contributed by atoms with E-state index in [0.29, 0.717) is 6.54 Å². The number of amides is 1. The number of para-hydroxylation sites is 1. The van der Waals surface area contributed by atoms with Crippen molar-refractivity contribution >= 4 is 17.6 Å². The van der Waals surface area contributed by atoms with Gasteiger partial charge in [0.2, 0.25) is 5.91 Å². The fourth-order valence-electron chi connectivity index (χ4n) is 2.78. The van der Waals surface area contributed by atoms with Gasteiger partial charge >= 0.3 is 5.97 Å². The summed E-state index contributed by atoms with van der Waals surface area (Å²) in [4.78, 5) is 25.1. The first-order valence-electron chi connectivity index (χ1n) is 7.01. The van der Waals surface area contributed by atoms with Crippen LogP contribution in [0.5, 0.6) is 0 Å². The highest BCUT2D eigenvalue weighted by molar-refractivity contribution is 5.97. The van der Waals surface area contributed by atoms with Gasteiger partial charge in [0.15, 0.2) is 0 Å². The van der Waals surface area contributed by atoms with Crippen LogP contribution in [0.15, 0.2) is 24.3 Å². The minimum absolute atomic E-state index is 0.0538. The first kappa shape index (κ1) is 13.1. The fraction of sp³-hybridized carbons (Fsp3) is 0.467. The molecule has 5 heteroatoms. The second-order valence-electron chi connectivity index (χ2n) is 5.46. The Morgan fingerprint density at radius 2 is 2.10 bits per heavy atom. The van der Waals surface area contributed by atoms with E-state index in [4.69, 9.17) is 5.11 Å². The summed E-state index contributed by atoms with van der Waals surface area (Å²) < 4.78 is 0. The number of nitrogens with one attached hydrogen (secondary N) is 1. The number of benzene rings is 1. The van der Waals surface area contributed by atoms with Crippen molar-refractivity contribution in [2.45, 2.75) is 25.3 Å². The van der Waals surface area contributed by atoms with Crippen LogP contribution in [0.4, 0.5) is 5.69 Å². The van der Waals surface area contributed by atoms with Gasteiger partial charge in [-0.15, -0.1) is 0 Å². The molecule has 1 aromatic carbocycles. The lowest BCUT2D eigenvalue weighted by Crippen LogP contribution is -2.45. The summed E-state index contributed by atoms with van der Waals surface area (Å²) in [7, 11) is 0. The Bertz CT molecular complexity index is 540. The summed E-state index contributed by atoms with van der Waals surface area (Å²) in [6.07, 6.45) is 2.74. The van der Waals surface area contributed by atoms with Crippen LogP contribution in [-0.2, 0) is 16.0 Å². The van der Waals surface area contributed by atoms with Gasteiger partial charge in [0.1, 0.15) is 6.04 Å². The number of rotatable bonds is 5. The Hall–Kier alpha value is -1.88. The van der Waals surface area contributed by atoms with Crippen LogP contribution in [0, 0.1) is 5.92 Å². The van der Waals surface area contributed by atoms with E-state index in [0.717, 1.165) is 24.9 Å². The van der Waals surface area contributed by atoms with Gasteiger partial charge in [0.25, 0.3) is 0 Å². The predicted octanol–water partition coefficient (Wildman–Crippen LogP) is 1.03. The smallest absolute Gasteiger partial charge is 0.320 e. The second-order valence-corrected chi connectivity index (χ2v) is 5.46. The van der Waals surface area contributed by atoms with E-state index in [9.17, 15) is 9.59 Å². The minimum atomic E-state index is -0.859. The molecule has 1 fully saturated rings. The number of anilines is 1. The van der Waals surface area contributed by atoms with Gasteiger partial charge in [0.05, 0.1) is 6.54 Å². The Kier molecular flexibility index (Phi) is 3.44. The molecule has 1 aromatic rings. The van der Waals surface area contributed by atoms with E-state index in [1.165, 1.54) is 5.56 Å². The molecule has 1 amide bonds. The van der Waals surface area contributed by atoms with E-state index in [-0.39, 0.29) is 18.4 Å². The zero-order chi connectivity index (χ0) is 14.1. The number of carboxylic acids is 1. The number of carboxylic acid groups (broad SMARTS) is 1. The molecule has 0 aromatic heterocycles. The Balaban J connectivity index is 1.61. The molecule has 1 heterocycles. The molecule has 1 aliphatic carbocycles. The molecule has 0 saturated heterocycles. The van der Waals surface area contributed by atoms with Crippen LogP contribution in [0.3, 0.4) is 0 Å². The second kappa shape index (κ2) is 5.25. The number of fused-ring (bicyclic) bond motifs is 1. The largest absolute Gasteiger partial charge is 0.480 e. The summed E-state index contributed by atoms with van der Waals surface area (Å²) >= 11 is 0. The summed E-state index contributed by atoms with van der Waals surface area (Å²) in [5.41, 5.74) is 2.13. The maximum Gasteiger partial charge on any atom is 0.320 e. The van der Waals surface area contributed by atoms with Crippen LogP contribution in [0.2, 0.25) is 0 Å². The van der Waals surface area contributed by atoms with Crippen molar-refractivity contribution in [3.63, 3.8) is 0 Å². The van der Waals surface area contributed by atoms with Gasteiger partial charge < -0.3 is 10.0 Å². The average Bonchev–Trinajstić information content (AvgIpc) is 3.17. The standard InChI is InChI=1S/C15H18N2O3/c18-13(9-16-14(15(19)20)11-5-6-11)17-8-7-10-3-1-2-4-12(10)17/h1-4,11,14,16H,5-9H2,(H,19,20). The van der Waals surface area contributed by atoms with E-state index in [1.54, 1.807) is 4.90 Å². The molecule has 1 aliphatic heterocycles. The van der Waals surface area contributed by atoms with Crippen molar-refractivity contribution < 1.29 is 14.7 Å². The molecule has 1 saturated carbocycles. The van der Waals surface area contributed by atoms with Crippen molar-refractivity contribution in [2.24, 2.45) is 5.92 Å². The lowest BCUT2D eigenvalue weighted by atomic mass is 10.2. The molecule has 20 heavy (non-hydrogen) atoms. The summed E-state index contributed by atoms with van der Waals surface area (Å²) in [6.45, 7) is 0.767. The summed E-state index contributed by atoms with van der Waals surface area (Å²) in [5.74, 6) is -0.727. The van der Waals surface area contributed by atoms with Crippen LogP contribution in [-0.4, -0.2) is 36.1 Å². The number of aliphatic carboxylic acids is 1. The van der Waals surface area contributed by atoms with Crippen LogP contribution in [0.1, 0.15) is 18.4 Å². The maximum atomic E-state index is 12.2. The van der Waals surface area contributed by atoms with Gasteiger partial charge in [-0.05, 0) is 36.8 Å². The lowest BCUT2D eigenvalue weighted by Gasteiger charge is -2.19. The van der Waals surface area contributed by atoms with Crippen molar-refractivity contribution in [1.82, 2.24) is 5.32 Å². The summed E-state index contributed by atoms with van der Waals surface area (Å²) in [6, 6.07) is 7.27. The van der Waals surface area contributed by atoms with Crippen LogP contribution >= 0.6 is 0 Å². The molecule has 0 spiro atoms. The molecule has 0 bridgehead atoms. The molecule has 2 aliphatic rings. The summed E-state index contributed by atoms with van der Waals surface area (Å²) in [5, 5.41) is 12.0. The molecule has 2 N–H and O–H groups in total. The zero-order valence-electron chi connectivity index (χ0n) is 11.2. The Morgan fingerprint density at radius 3 is 2.80 bits per heavy atom. The first-order chi connectivity index (χ1) is 9.66. The fourth-order valence-corrected chi connectivity index (χ4v) is 2.78. The minimum Gasteiger partial charge on any atom is -0.480 e. The first-order valence-corrected chi connectivity index (χ1v) is 7.01. The Labute approximate surface area is 117 Å².